The number of alkyl halides is 2. The SMILES string of the molecule is Cc1ccoc1C(=O)Nc1cccc(OCC(F)F)n1. The Morgan fingerprint density at radius 2 is 2.25 bits per heavy atom. The molecule has 5 nitrogen and oxygen atoms in total. The van der Waals surface area contributed by atoms with Gasteiger partial charge in [-0.3, -0.25) is 4.79 Å². The molecule has 0 aliphatic rings. The average molecular weight is 282 g/mol. The third kappa shape index (κ3) is 3.53. The zero-order valence-corrected chi connectivity index (χ0v) is 10.6. The Morgan fingerprint density at radius 3 is 2.90 bits per heavy atom. The van der Waals surface area contributed by atoms with E-state index in [4.69, 9.17) is 9.15 Å². The van der Waals surface area contributed by atoms with Gasteiger partial charge in [0, 0.05) is 11.6 Å². The van der Waals surface area contributed by atoms with Gasteiger partial charge in [-0.05, 0) is 19.1 Å². The van der Waals surface area contributed by atoms with Crippen molar-refractivity contribution in [1.29, 1.82) is 0 Å². The molecule has 0 aromatic carbocycles. The van der Waals surface area contributed by atoms with Gasteiger partial charge in [-0.15, -0.1) is 0 Å². The molecule has 106 valence electrons. The van der Waals surface area contributed by atoms with Crippen LogP contribution in [0.15, 0.2) is 34.9 Å². The lowest BCUT2D eigenvalue weighted by molar-refractivity contribution is 0.0796. The Hall–Kier alpha value is -2.44. The fraction of sp³-hybridized carbons (Fsp3) is 0.231. The van der Waals surface area contributed by atoms with Crippen LogP contribution in [0.3, 0.4) is 0 Å². The van der Waals surface area contributed by atoms with Crippen LogP contribution in [0, 0.1) is 6.92 Å². The predicted octanol–water partition coefficient (Wildman–Crippen LogP) is 2.88. The van der Waals surface area contributed by atoms with Crippen LogP contribution in [0.1, 0.15) is 16.1 Å². The quantitative estimate of drug-likeness (QED) is 0.915. The first-order valence-electron chi connectivity index (χ1n) is 5.79. The minimum atomic E-state index is -2.58. The number of halogens is 2. The third-order valence-electron chi connectivity index (χ3n) is 2.39. The number of rotatable bonds is 5. The first kappa shape index (κ1) is 14.0. The number of furan rings is 1. The fourth-order valence-corrected chi connectivity index (χ4v) is 1.49. The van der Waals surface area contributed by atoms with Crippen molar-refractivity contribution >= 4 is 11.7 Å². The normalized spacial score (nSPS) is 10.6. The van der Waals surface area contributed by atoms with Gasteiger partial charge in [0.1, 0.15) is 5.82 Å². The largest absolute Gasteiger partial charge is 0.472 e. The minimum absolute atomic E-state index is 0.0132. The number of hydrogen-bond acceptors (Lipinski definition) is 4. The number of aromatic nitrogens is 1. The molecule has 0 unspecified atom stereocenters. The number of amides is 1. The molecule has 0 aliphatic heterocycles. The number of anilines is 1. The Labute approximate surface area is 113 Å². The van der Waals surface area contributed by atoms with Gasteiger partial charge in [0.15, 0.2) is 12.4 Å². The van der Waals surface area contributed by atoms with E-state index in [0.29, 0.717) is 5.56 Å². The molecule has 1 N–H and O–H groups in total. The second-order valence-electron chi connectivity index (χ2n) is 3.95. The topological polar surface area (TPSA) is 64.4 Å². The second-order valence-corrected chi connectivity index (χ2v) is 3.95. The van der Waals surface area contributed by atoms with E-state index in [-0.39, 0.29) is 17.5 Å². The molecular formula is C13H12F2N2O3. The smallest absolute Gasteiger partial charge is 0.292 e. The summed E-state index contributed by atoms with van der Waals surface area (Å²) in [7, 11) is 0. The Morgan fingerprint density at radius 1 is 1.45 bits per heavy atom. The van der Waals surface area contributed by atoms with Gasteiger partial charge in [0.25, 0.3) is 12.3 Å². The van der Waals surface area contributed by atoms with Crippen molar-refractivity contribution in [3.05, 3.63) is 41.9 Å². The maximum Gasteiger partial charge on any atom is 0.292 e. The number of hydrogen-bond donors (Lipinski definition) is 1. The van der Waals surface area contributed by atoms with Crippen LogP contribution in [0.25, 0.3) is 0 Å². The molecule has 2 aromatic rings. The molecule has 2 heterocycles. The summed E-state index contributed by atoms with van der Waals surface area (Å²) >= 11 is 0. The first-order chi connectivity index (χ1) is 9.56. The van der Waals surface area contributed by atoms with Crippen LogP contribution in [0.5, 0.6) is 5.88 Å². The van der Waals surface area contributed by atoms with E-state index in [1.807, 2.05) is 0 Å². The van der Waals surface area contributed by atoms with E-state index in [9.17, 15) is 13.6 Å². The number of aryl methyl sites for hydroxylation is 1. The molecule has 1 amide bonds. The summed E-state index contributed by atoms with van der Waals surface area (Å²) < 4.78 is 33.9. The highest BCUT2D eigenvalue weighted by Crippen LogP contribution is 2.15. The number of carbonyl (C=O) groups is 1. The van der Waals surface area contributed by atoms with Gasteiger partial charge in [0.2, 0.25) is 5.88 Å². The molecule has 0 saturated carbocycles. The zero-order valence-electron chi connectivity index (χ0n) is 10.6. The lowest BCUT2D eigenvalue weighted by Crippen LogP contribution is -2.14. The summed E-state index contributed by atoms with van der Waals surface area (Å²) in [6.45, 7) is 0.982. The van der Waals surface area contributed by atoms with Crippen molar-refractivity contribution in [1.82, 2.24) is 4.98 Å². The number of pyridine rings is 1. The molecule has 0 bridgehead atoms. The number of nitrogens with zero attached hydrogens (tertiary/aromatic N) is 1. The fourth-order valence-electron chi connectivity index (χ4n) is 1.49. The molecule has 20 heavy (non-hydrogen) atoms. The number of nitrogens with one attached hydrogen (secondary N) is 1. The summed E-state index contributed by atoms with van der Waals surface area (Å²) in [5.74, 6) is -0.0893. The standard InChI is InChI=1S/C13H12F2N2O3/c1-8-5-6-19-12(8)13(18)17-10-3-2-4-11(16-10)20-7-9(14)15/h2-6,9H,7H2,1H3,(H,16,17,18). The highest BCUT2D eigenvalue weighted by molar-refractivity contribution is 6.02. The summed E-state index contributed by atoms with van der Waals surface area (Å²) in [5.41, 5.74) is 0.688. The first-order valence-corrected chi connectivity index (χ1v) is 5.79. The van der Waals surface area contributed by atoms with Crippen molar-refractivity contribution in [2.24, 2.45) is 0 Å². The van der Waals surface area contributed by atoms with Crippen molar-refractivity contribution in [2.75, 3.05) is 11.9 Å². The summed E-state index contributed by atoms with van der Waals surface area (Å²) in [6, 6.07) is 6.14. The molecule has 0 spiro atoms. The summed E-state index contributed by atoms with van der Waals surface area (Å²) in [4.78, 5) is 15.8. The lowest BCUT2D eigenvalue weighted by Gasteiger charge is -2.07. The average Bonchev–Trinajstić information content (AvgIpc) is 2.83. The summed E-state index contributed by atoms with van der Waals surface area (Å²) in [5, 5.41) is 2.50. The van der Waals surface area contributed by atoms with E-state index < -0.39 is 18.9 Å². The minimum Gasteiger partial charge on any atom is -0.472 e. The van der Waals surface area contributed by atoms with Crippen LogP contribution < -0.4 is 10.1 Å². The number of carbonyl (C=O) groups excluding carboxylic acids is 1. The number of ether oxygens (including phenoxy) is 1. The maximum atomic E-state index is 12.0. The monoisotopic (exact) mass is 282 g/mol. The van der Waals surface area contributed by atoms with Crippen LogP contribution >= 0.6 is 0 Å². The van der Waals surface area contributed by atoms with E-state index in [1.165, 1.54) is 18.4 Å². The molecule has 0 radical (unpaired) electrons. The van der Waals surface area contributed by atoms with Gasteiger partial charge < -0.3 is 14.5 Å². The molecule has 0 saturated heterocycles. The maximum absolute atomic E-state index is 12.0. The van der Waals surface area contributed by atoms with Crippen LogP contribution in [0.4, 0.5) is 14.6 Å². The van der Waals surface area contributed by atoms with Crippen molar-refractivity contribution in [3.63, 3.8) is 0 Å². The zero-order chi connectivity index (χ0) is 14.5. The third-order valence-corrected chi connectivity index (χ3v) is 2.39. The lowest BCUT2D eigenvalue weighted by atomic mass is 10.2. The molecular weight excluding hydrogens is 270 g/mol. The highest BCUT2D eigenvalue weighted by atomic mass is 19.3. The van der Waals surface area contributed by atoms with Crippen molar-refractivity contribution in [2.45, 2.75) is 13.3 Å². The van der Waals surface area contributed by atoms with Gasteiger partial charge in [-0.1, -0.05) is 6.07 Å². The van der Waals surface area contributed by atoms with Gasteiger partial charge in [-0.2, -0.15) is 4.98 Å². The molecule has 0 atom stereocenters. The Kier molecular flexibility index (Phi) is 4.29. The van der Waals surface area contributed by atoms with Crippen LogP contribution in [0.2, 0.25) is 0 Å². The molecule has 0 fully saturated rings. The van der Waals surface area contributed by atoms with Gasteiger partial charge in [0.05, 0.1) is 6.26 Å². The Bertz CT molecular complexity index is 599. The predicted molar refractivity (Wildman–Crippen MR) is 67.1 cm³/mol. The van der Waals surface area contributed by atoms with Gasteiger partial charge >= 0.3 is 0 Å². The molecule has 7 heteroatoms. The Balaban J connectivity index is 2.04. The summed E-state index contributed by atoms with van der Waals surface area (Å²) in [6.07, 6.45) is -1.18. The van der Waals surface area contributed by atoms with Gasteiger partial charge in [-0.25, -0.2) is 8.78 Å². The van der Waals surface area contributed by atoms with E-state index in [1.54, 1.807) is 19.1 Å². The van der Waals surface area contributed by atoms with Crippen LogP contribution in [-0.4, -0.2) is 23.9 Å². The highest BCUT2D eigenvalue weighted by Gasteiger charge is 2.13. The van der Waals surface area contributed by atoms with Crippen LogP contribution in [-0.2, 0) is 0 Å². The second kappa shape index (κ2) is 6.14. The molecule has 2 aromatic heterocycles. The molecule has 2 rings (SSSR count). The van der Waals surface area contributed by atoms with E-state index in [2.05, 4.69) is 10.3 Å². The van der Waals surface area contributed by atoms with Crippen molar-refractivity contribution in [3.8, 4) is 5.88 Å². The van der Waals surface area contributed by atoms with Crippen molar-refractivity contribution < 1.29 is 22.7 Å². The molecule has 0 aliphatic carbocycles. The van der Waals surface area contributed by atoms with E-state index in [0.717, 1.165) is 0 Å². The van der Waals surface area contributed by atoms with E-state index >= 15 is 0 Å².